The summed E-state index contributed by atoms with van der Waals surface area (Å²) in [6.45, 7) is 0.627. The Balaban J connectivity index is 2.04. The van der Waals surface area contributed by atoms with Crippen LogP contribution in [0.3, 0.4) is 0 Å². The maximum Gasteiger partial charge on any atom is 0.270 e. The highest BCUT2D eigenvalue weighted by Gasteiger charge is 2.19. The van der Waals surface area contributed by atoms with E-state index in [1.807, 2.05) is 34.4 Å². The zero-order valence-electron chi connectivity index (χ0n) is 10.1. The molecule has 1 aromatic carbocycles. The molecule has 19 heavy (non-hydrogen) atoms. The predicted octanol–water partition coefficient (Wildman–Crippen LogP) is 2.82. The molecule has 1 N–H and O–H groups in total. The number of nitro groups is 1. The van der Waals surface area contributed by atoms with Crippen LogP contribution in [-0.4, -0.2) is 28.4 Å². The van der Waals surface area contributed by atoms with Crippen LogP contribution in [0.15, 0.2) is 18.2 Å². The Morgan fingerprint density at radius 2 is 2.37 bits per heavy atom. The molecule has 2 rings (SSSR count). The summed E-state index contributed by atoms with van der Waals surface area (Å²) < 4.78 is 0.722. The molecule has 0 spiro atoms. The van der Waals surface area contributed by atoms with E-state index in [2.05, 4.69) is 5.32 Å². The highest BCUT2D eigenvalue weighted by Crippen LogP contribution is 2.25. The van der Waals surface area contributed by atoms with Gasteiger partial charge in [0.15, 0.2) is 0 Å². The van der Waals surface area contributed by atoms with Crippen molar-refractivity contribution in [3.63, 3.8) is 0 Å². The second-order valence-corrected chi connectivity index (χ2v) is 6.84. The molecule has 1 saturated heterocycles. The molecule has 1 fully saturated rings. The molecule has 102 valence electrons. The number of hydrogen-bond donors (Lipinski definition) is 1. The smallest absolute Gasteiger partial charge is 0.270 e. The number of benzene rings is 1. The Morgan fingerprint density at radius 1 is 1.58 bits per heavy atom. The second kappa shape index (κ2) is 6.56. The lowest BCUT2D eigenvalue weighted by Gasteiger charge is -2.11. The van der Waals surface area contributed by atoms with E-state index in [0.717, 1.165) is 15.7 Å². The number of amides is 1. The predicted molar refractivity (Wildman–Crippen MR) is 83.6 cm³/mol. The number of nitro benzene ring substituents is 1. The zero-order chi connectivity index (χ0) is 13.8. The largest absolute Gasteiger partial charge is 0.351 e. The second-order valence-electron chi connectivity index (χ2n) is 4.27. The minimum Gasteiger partial charge on any atom is -0.351 e. The average molecular weight is 392 g/mol. The molecule has 0 bridgehead atoms. The summed E-state index contributed by atoms with van der Waals surface area (Å²) in [5, 5.41) is 14.1. The standard InChI is InChI=1S/C12H13IN2O3S/c13-11-4-3-8(15(17)18)6-10(11)12(16)14-7-9-2-1-5-19-9/h3-4,6,9H,1-2,5,7H2,(H,14,16). The lowest BCUT2D eigenvalue weighted by atomic mass is 10.2. The van der Waals surface area contributed by atoms with Gasteiger partial charge in [0, 0.05) is 27.5 Å². The summed E-state index contributed by atoms with van der Waals surface area (Å²) in [6.07, 6.45) is 2.32. The van der Waals surface area contributed by atoms with Gasteiger partial charge >= 0.3 is 0 Å². The fourth-order valence-corrected chi connectivity index (χ4v) is 3.69. The van der Waals surface area contributed by atoms with Crippen LogP contribution < -0.4 is 5.32 Å². The SMILES string of the molecule is O=C(NCC1CCCS1)c1cc([N+](=O)[O-])ccc1I. The third kappa shape index (κ3) is 3.82. The average Bonchev–Trinajstić information content (AvgIpc) is 2.89. The number of thioether (sulfide) groups is 1. The lowest BCUT2D eigenvalue weighted by molar-refractivity contribution is -0.384. The molecule has 1 aliphatic heterocycles. The van der Waals surface area contributed by atoms with Crippen molar-refractivity contribution in [3.05, 3.63) is 37.4 Å². The Kier molecular flexibility index (Phi) is 5.03. The van der Waals surface area contributed by atoms with Crippen molar-refractivity contribution in [1.29, 1.82) is 0 Å². The summed E-state index contributed by atoms with van der Waals surface area (Å²) in [5.41, 5.74) is 0.318. The zero-order valence-corrected chi connectivity index (χ0v) is 13.1. The molecule has 0 aliphatic carbocycles. The van der Waals surface area contributed by atoms with Gasteiger partial charge < -0.3 is 5.32 Å². The van der Waals surface area contributed by atoms with Crippen molar-refractivity contribution >= 4 is 45.9 Å². The molecule has 7 heteroatoms. The molecule has 0 aromatic heterocycles. The first kappa shape index (κ1) is 14.6. The summed E-state index contributed by atoms with van der Waals surface area (Å²) in [5.74, 6) is 0.912. The fourth-order valence-electron chi connectivity index (χ4n) is 1.91. The molecule has 1 amide bonds. The van der Waals surface area contributed by atoms with Crippen LogP contribution in [-0.2, 0) is 0 Å². The van der Waals surface area contributed by atoms with Crippen LogP contribution >= 0.6 is 34.4 Å². The van der Waals surface area contributed by atoms with E-state index >= 15 is 0 Å². The number of nitrogens with one attached hydrogen (secondary N) is 1. The molecule has 5 nitrogen and oxygen atoms in total. The van der Waals surface area contributed by atoms with Gasteiger partial charge in [-0.25, -0.2) is 0 Å². The first-order valence-electron chi connectivity index (χ1n) is 5.91. The summed E-state index contributed by atoms with van der Waals surface area (Å²) >= 11 is 3.88. The van der Waals surface area contributed by atoms with Crippen LogP contribution in [0.2, 0.25) is 0 Å². The van der Waals surface area contributed by atoms with Crippen LogP contribution in [0.1, 0.15) is 23.2 Å². The van der Waals surface area contributed by atoms with Gasteiger partial charge in [-0.15, -0.1) is 0 Å². The van der Waals surface area contributed by atoms with Gasteiger partial charge in [-0.05, 0) is 47.3 Å². The number of hydrogen-bond acceptors (Lipinski definition) is 4. The Labute approximate surface area is 128 Å². The molecule has 0 radical (unpaired) electrons. The van der Waals surface area contributed by atoms with Gasteiger partial charge in [-0.1, -0.05) is 0 Å². The van der Waals surface area contributed by atoms with Gasteiger partial charge in [-0.3, -0.25) is 14.9 Å². The van der Waals surface area contributed by atoms with E-state index in [4.69, 9.17) is 0 Å². The summed E-state index contributed by atoms with van der Waals surface area (Å²) in [7, 11) is 0. The minimum atomic E-state index is -0.486. The molecule has 1 aromatic rings. The van der Waals surface area contributed by atoms with Gasteiger partial charge in [0.2, 0.25) is 0 Å². The minimum absolute atomic E-state index is 0.0548. The van der Waals surface area contributed by atoms with E-state index in [-0.39, 0.29) is 11.6 Å². The third-order valence-corrected chi connectivity index (χ3v) is 5.26. The molecular formula is C12H13IN2O3S. The van der Waals surface area contributed by atoms with E-state index in [9.17, 15) is 14.9 Å². The third-order valence-electron chi connectivity index (χ3n) is 2.92. The van der Waals surface area contributed by atoms with Gasteiger partial charge in [0.1, 0.15) is 0 Å². The summed E-state index contributed by atoms with van der Waals surface area (Å²) in [6, 6.07) is 4.34. The van der Waals surface area contributed by atoms with E-state index in [1.165, 1.54) is 18.6 Å². The maximum atomic E-state index is 12.0. The Bertz CT molecular complexity index is 504. The molecule has 1 heterocycles. The van der Waals surface area contributed by atoms with Crippen molar-refractivity contribution in [1.82, 2.24) is 5.32 Å². The van der Waals surface area contributed by atoms with Gasteiger partial charge in [0.25, 0.3) is 11.6 Å². The monoisotopic (exact) mass is 392 g/mol. The van der Waals surface area contributed by atoms with Crippen molar-refractivity contribution in [2.45, 2.75) is 18.1 Å². The number of halogens is 1. The highest BCUT2D eigenvalue weighted by atomic mass is 127. The van der Waals surface area contributed by atoms with E-state index < -0.39 is 4.92 Å². The number of non-ortho nitro benzene ring substituents is 1. The highest BCUT2D eigenvalue weighted by molar-refractivity contribution is 14.1. The Morgan fingerprint density at radius 3 is 3.00 bits per heavy atom. The normalized spacial score (nSPS) is 18.3. The first-order chi connectivity index (χ1) is 9.08. The Hall–Kier alpha value is -0.830. The van der Waals surface area contributed by atoms with Crippen LogP contribution in [0.4, 0.5) is 5.69 Å². The van der Waals surface area contributed by atoms with Crippen LogP contribution in [0.25, 0.3) is 0 Å². The van der Waals surface area contributed by atoms with Crippen molar-refractivity contribution in [2.75, 3.05) is 12.3 Å². The van der Waals surface area contributed by atoms with E-state index in [1.54, 1.807) is 6.07 Å². The molecule has 1 atom stereocenters. The number of carbonyl (C=O) groups is 1. The first-order valence-corrected chi connectivity index (χ1v) is 8.04. The fraction of sp³-hybridized carbons (Fsp3) is 0.417. The van der Waals surface area contributed by atoms with E-state index in [0.29, 0.717) is 17.4 Å². The molecular weight excluding hydrogens is 379 g/mol. The molecule has 0 saturated carbocycles. The van der Waals surface area contributed by atoms with Gasteiger partial charge in [0.05, 0.1) is 10.5 Å². The number of rotatable bonds is 4. The van der Waals surface area contributed by atoms with Crippen LogP contribution in [0, 0.1) is 13.7 Å². The van der Waals surface area contributed by atoms with Crippen molar-refractivity contribution < 1.29 is 9.72 Å². The summed E-state index contributed by atoms with van der Waals surface area (Å²) in [4.78, 5) is 22.3. The van der Waals surface area contributed by atoms with Crippen molar-refractivity contribution in [2.24, 2.45) is 0 Å². The topological polar surface area (TPSA) is 72.2 Å². The number of carbonyl (C=O) groups excluding carboxylic acids is 1. The quantitative estimate of drug-likeness (QED) is 0.486. The van der Waals surface area contributed by atoms with Crippen molar-refractivity contribution in [3.8, 4) is 0 Å². The lowest BCUT2D eigenvalue weighted by Crippen LogP contribution is -2.30. The molecule has 1 unspecified atom stereocenters. The van der Waals surface area contributed by atoms with Gasteiger partial charge in [-0.2, -0.15) is 11.8 Å². The maximum absolute atomic E-state index is 12.0. The number of nitrogens with zero attached hydrogens (tertiary/aromatic N) is 1. The molecule has 1 aliphatic rings. The van der Waals surface area contributed by atoms with Crippen LogP contribution in [0.5, 0.6) is 0 Å².